The Labute approximate surface area is 130 Å². The van der Waals surface area contributed by atoms with Gasteiger partial charge >= 0.3 is 5.97 Å². The van der Waals surface area contributed by atoms with E-state index < -0.39 is 11.4 Å². The number of nitrogens with one attached hydrogen (secondary N) is 1. The molecule has 0 heterocycles. The maximum atomic E-state index is 12.5. The minimum Gasteiger partial charge on any atom is -0.480 e. The molecule has 0 aliphatic heterocycles. The van der Waals surface area contributed by atoms with Crippen LogP contribution in [0.4, 0.5) is 0 Å². The van der Waals surface area contributed by atoms with E-state index in [0.29, 0.717) is 12.8 Å². The second-order valence-corrected chi connectivity index (χ2v) is 7.48. The number of aliphatic carboxylic acids is 1. The molecule has 1 aromatic carbocycles. The number of carboxylic acid groups (broad SMARTS) is 1. The Balaban J connectivity index is 1.87. The lowest BCUT2D eigenvalue weighted by atomic mass is 9.82. The summed E-state index contributed by atoms with van der Waals surface area (Å²) < 4.78 is 0. The van der Waals surface area contributed by atoms with Crippen molar-refractivity contribution >= 4 is 11.9 Å². The summed E-state index contributed by atoms with van der Waals surface area (Å²) in [6.45, 7) is 4.42. The van der Waals surface area contributed by atoms with Crippen molar-refractivity contribution in [2.24, 2.45) is 10.8 Å². The molecule has 2 aliphatic carbocycles. The van der Waals surface area contributed by atoms with E-state index in [1.807, 2.05) is 12.1 Å². The Hall–Kier alpha value is -1.84. The van der Waals surface area contributed by atoms with Crippen molar-refractivity contribution in [2.75, 3.05) is 0 Å². The number of hydrogen-bond acceptors (Lipinski definition) is 2. The number of amides is 1. The molecule has 0 aromatic heterocycles. The molecule has 2 aliphatic rings. The van der Waals surface area contributed by atoms with Gasteiger partial charge in [-0.3, -0.25) is 9.59 Å². The van der Waals surface area contributed by atoms with Gasteiger partial charge in [0.15, 0.2) is 0 Å². The molecular formula is C18H23NO3. The van der Waals surface area contributed by atoms with E-state index in [-0.39, 0.29) is 17.4 Å². The molecule has 1 aromatic rings. The predicted octanol–water partition coefficient (Wildman–Crippen LogP) is 3.07. The highest BCUT2D eigenvalue weighted by Crippen LogP contribution is 2.47. The zero-order chi connectivity index (χ0) is 16.0. The normalized spacial score (nSPS) is 24.7. The second-order valence-electron chi connectivity index (χ2n) is 7.48. The fourth-order valence-corrected chi connectivity index (χ4v) is 3.43. The van der Waals surface area contributed by atoms with Crippen LogP contribution in [0.5, 0.6) is 0 Å². The fraction of sp³-hybridized carbons (Fsp3) is 0.556. The lowest BCUT2D eigenvalue weighted by molar-refractivity contribution is -0.149. The van der Waals surface area contributed by atoms with Gasteiger partial charge in [0.05, 0.1) is 6.04 Å². The third kappa shape index (κ3) is 2.62. The first-order chi connectivity index (χ1) is 10.3. The molecule has 22 heavy (non-hydrogen) atoms. The number of benzene rings is 1. The Morgan fingerprint density at radius 3 is 2.50 bits per heavy atom. The van der Waals surface area contributed by atoms with E-state index in [2.05, 4.69) is 31.3 Å². The zero-order valence-electron chi connectivity index (χ0n) is 13.2. The van der Waals surface area contributed by atoms with Crippen molar-refractivity contribution < 1.29 is 14.7 Å². The number of carbonyl (C=O) groups is 2. The van der Waals surface area contributed by atoms with Crippen LogP contribution in [0.3, 0.4) is 0 Å². The third-order valence-electron chi connectivity index (χ3n) is 5.16. The van der Waals surface area contributed by atoms with E-state index in [4.69, 9.17) is 0 Å². The highest BCUT2D eigenvalue weighted by Gasteiger charge is 2.57. The zero-order valence-corrected chi connectivity index (χ0v) is 13.2. The number of aryl methyl sites for hydroxylation is 1. The molecule has 0 saturated heterocycles. The van der Waals surface area contributed by atoms with Crippen molar-refractivity contribution in [3.63, 3.8) is 0 Å². The van der Waals surface area contributed by atoms with Crippen molar-refractivity contribution in [1.29, 1.82) is 0 Å². The average molecular weight is 301 g/mol. The Kier molecular flexibility index (Phi) is 3.50. The number of rotatable bonds is 3. The van der Waals surface area contributed by atoms with Gasteiger partial charge in [-0.15, -0.1) is 0 Å². The van der Waals surface area contributed by atoms with Crippen molar-refractivity contribution in [3.8, 4) is 0 Å². The lowest BCUT2D eigenvalue weighted by Gasteiger charge is -2.28. The maximum Gasteiger partial charge on any atom is 0.319 e. The van der Waals surface area contributed by atoms with Crippen LogP contribution in [0.2, 0.25) is 0 Å². The van der Waals surface area contributed by atoms with E-state index in [0.717, 1.165) is 24.8 Å². The molecule has 1 amide bonds. The van der Waals surface area contributed by atoms with E-state index >= 15 is 0 Å². The summed E-state index contributed by atoms with van der Waals surface area (Å²) in [4.78, 5) is 23.8. The van der Waals surface area contributed by atoms with Crippen molar-refractivity contribution in [3.05, 3.63) is 35.4 Å². The van der Waals surface area contributed by atoms with Crippen LogP contribution in [0.15, 0.2) is 24.3 Å². The van der Waals surface area contributed by atoms with Crippen LogP contribution in [0.25, 0.3) is 0 Å². The predicted molar refractivity (Wildman–Crippen MR) is 83.3 cm³/mol. The molecule has 0 radical (unpaired) electrons. The first-order valence-electron chi connectivity index (χ1n) is 7.96. The molecule has 118 valence electrons. The largest absolute Gasteiger partial charge is 0.480 e. The smallest absolute Gasteiger partial charge is 0.319 e. The van der Waals surface area contributed by atoms with E-state index in [9.17, 15) is 14.7 Å². The van der Waals surface area contributed by atoms with Crippen molar-refractivity contribution in [2.45, 2.75) is 52.0 Å². The van der Waals surface area contributed by atoms with Crippen LogP contribution in [0, 0.1) is 10.8 Å². The van der Waals surface area contributed by atoms with Gasteiger partial charge in [-0.1, -0.05) is 38.1 Å². The molecular weight excluding hydrogens is 278 g/mol. The van der Waals surface area contributed by atoms with Crippen LogP contribution >= 0.6 is 0 Å². The molecule has 1 unspecified atom stereocenters. The van der Waals surface area contributed by atoms with Crippen LogP contribution in [-0.4, -0.2) is 17.0 Å². The van der Waals surface area contributed by atoms with Crippen LogP contribution in [-0.2, 0) is 16.0 Å². The summed E-state index contributed by atoms with van der Waals surface area (Å²) in [7, 11) is 0. The monoisotopic (exact) mass is 301 g/mol. The summed E-state index contributed by atoms with van der Waals surface area (Å²) >= 11 is 0. The minimum absolute atomic E-state index is 0.0991. The van der Waals surface area contributed by atoms with Gasteiger partial charge in [-0.25, -0.2) is 0 Å². The first kappa shape index (κ1) is 15.1. The summed E-state index contributed by atoms with van der Waals surface area (Å²) in [5, 5.41) is 12.3. The molecule has 0 spiro atoms. The van der Waals surface area contributed by atoms with Gasteiger partial charge in [0.1, 0.15) is 5.41 Å². The van der Waals surface area contributed by atoms with Gasteiger partial charge in [-0.05, 0) is 48.6 Å². The highest BCUT2D eigenvalue weighted by molar-refractivity contribution is 6.05. The Bertz CT molecular complexity index is 617. The van der Waals surface area contributed by atoms with Gasteiger partial charge in [0, 0.05) is 0 Å². The number of carboxylic acids is 1. The maximum absolute atomic E-state index is 12.5. The molecule has 0 bridgehead atoms. The number of fused-ring (bicyclic) bond motifs is 1. The minimum atomic E-state index is -1.18. The summed E-state index contributed by atoms with van der Waals surface area (Å²) in [6.07, 6.45) is 3.81. The second kappa shape index (κ2) is 5.11. The number of carbonyl (C=O) groups excluding carboxylic acids is 1. The molecule has 4 nitrogen and oxygen atoms in total. The quantitative estimate of drug-likeness (QED) is 0.666. The first-order valence-corrected chi connectivity index (χ1v) is 7.96. The Morgan fingerprint density at radius 2 is 1.86 bits per heavy atom. The average Bonchev–Trinajstić information content (AvgIpc) is 3.26. The van der Waals surface area contributed by atoms with E-state index in [1.54, 1.807) is 0 Å². The molecule has 3 rings (SSSR count). The number of hydrogen-bond donors (Lipinski definition) is 2. The van der Waals surface area contributed by atoms with Gasteiger partial charge < -0.3 is 10.4 Å². The van der Waals surface area contributed by atoms with E-state index in [1.165, 1.54) is 5.56 Å². The summed E-state index contributed by atoms with van der Waals surface area (Å²) in [6, 6.07) is 8.08. The lowest BCUT2D eigenvalue weighted by Crippen LogP contribution is -2.40. The van der Waals surface area contributed by atoms with Crippen LogP contribution < -0.4 is 5.32 Å². The fourth-order valence-electron chi connectivity index (χ4n) is 3.43. The van der Waals surface area contributed by atoms with Gasteiger partial charge in [0.2, 0.25) is 5.91 Å². The molecule has 2 N–H and O–H groups in total. The Morgan fingerprint density at radius 1 is 1.18 bits per heavy atom. The van der Waals surface area contributed by atoms with Crippen LogP contribution in [0.1, 0.15) is 56.7 Å². The molecule has 1 fully saturated rings. The molecule has 1 atom stereocenters. The standard InChI is InChI=1S/C18H23NO3/c1-17(2)8-7-12-5-3-4-6-13(12)14(11-17)19-15(20)18(9-10-18)16(21)22/h3-6,14H,7-11H2,1-2H3,(H,19,20)(H,21,22). The highest BCUT2D eigenvalue weighted by atomic mass is 16.4. The third-order valence-corrected chi connectivity index (χ3v) is 5.16. The summed E-state index contributed by atoms with van der Waals surface area (Å²) in [5.41, 5.74) is 1.35. The topological polar surface area (TPSA) is 66.4 Å². The van der Waals surface area contributed by atoms with Gasteiger partial charge in [0.25, 0.3) is 0 Å². The van der Waals surface area contributed by atoms with Gasteiger partial charge in [-0.2, -0.15) is 0 Å². The summed E-state index contributed by atoms with van der Waals surface area (Å²) in [5.74, 6) is -1.32. The molecule has 1 saturated carbocycles. The van der Waals surface area contributed by atoms with Crippen molar-refractivity contribution in [1.82, 2.24) is 5.32 Å². The SMILES string of the molecule is CC1(C)CCc2ccccc2C(NC(=O)C2(C(=O)O)CC2)C1. The molecule has 4 heteroatoms.